The standard InChI is InChI=1S/C7H11N3.2ClH/c1-5-3-7(4-8)10-9-6(5)2;;/h3H,4,8H2,1-2H3;2*1H. The molecule has 0 aromatic carbocycles. The van der Waals surface area contributed by atoms with Crippen molar-refractivity contribution in [1.82, 2.24) is 10.2 Å². The number of aromatic nitrogens is 2. The van der Waals surface area contributed by atoms with Crippen molar-refractivity contribution in [2.24, 2.45) is 5.73 Å². The SMILES string of the molecule is Cc1cc(CN)nnc1C.Cl.Cl. The molecule has 1 aromatic heterocycles. The molecule has 0 saturated carbocycles. The highest BCUT2D eigenvalue weighted by Crippen LogP contribution is 2.01. The van der Waals surface area contributed by atoms with Crippen LogP contribution in [0.4, 0.5) is 0 Å². The zero-order valence-electron chi connectivity index (χ0n) is 7.07. The molecule has 0 spiro atoms. The minimum atomic E-state index is 0. The van der Waals surface area contributed by atoms with Crippen LogP contribution in [0.15, 0.2) is 6.07 Å². The van der Waals surface area contributed by atoms with E-state index in [0.29, 0.717) is 6.54 Å². The Morgan fingerprint density at radius 2 is 1.83 bits per heavy atom. The van der Waals surface area contributed by atoms with Crippen LogP contribution in [0.1, 0.15) is 17.0 Å². The van der Waals surface area contributed by atoms with Crippen molar-refractivity contribution >= 4 is 24.8 Å². The number of rotatable bonds is 1. The molecule has 0 aliphatic carbocycles. The van der Waals surface area contributed by atoms with E-state index in [1.807, 2.05) is 19.9 Å². The Hall–Kier alpha value is -0.380. The first kappa shape index (κ1) is 14.2. The van der Waals surface area contributed by atoms with Gasteiger partial charge in [0.2, 0.25) is 0 Å². The zero-order valence-corrected chi connectivity index (χ0v) is 8.71. The number of nitrogens with zero attached hydrogens (tertiary/aromatic N) is 2. The van der Waals surface area contributed by atoms with Gasteiger partial charge in [-0.15, -0.1) is 24.8 Å². The van der Waals surface area contributed by atoms with Crippen molar-refractivity contribution in [3.05, 3.63) is 23.0 Å². The smallest absolute Gasteiger partial charge is 0.0769 e. The molecule has 0 fully saturated rings. The largest absolute Gasteiger partial charge is 0.325 e. The number of halogens is 2. The van der Waals surface area contributed by atoms with E-state index in [9.17, 15) is 0 Å². The summed E-state index contributed by atoms with van der Waals surface area (Å²) in [5.74, 6) is 0. The Bertz CT molecular complexity index is 240. The van der Waals surface area contributed by atoms with Crippen LogP contribution in [0.25, 0.3) is 0 Å². The summed E-state index contributed by atoms with van der Waals surface area (Å²) < 4.78 is 0. The first-order valence-corrected chi connectivity index (χ1v) is 3.24. The first-order chi connectivity index (χ1) is 4.74. The molecule has 1 heterocycles. The molecule has 0 unspecified atom stereocenters. The monoisotopic (exact) mass is 209 g/mol. The summed E-state index contributed by atoms with van der Waals surface area (Å²) in [4.78, 5) is 0. The molecule has 2 N–H and O–H groups in total. The minimum Gasteiger partial charge on any atom is -0.325 e. The summed E-state index contributed by atoms with van der Waals surface area (Å²) in [7, 11) is 0. The second kappa shape index (κ2) is 6.17. The van der Waals surface area contributed by atoms with Crippen LogP contribution in [-0.2, 0) is 6.54 Å². The Balaban J connectivity index is 0. The van der Waals surface area contributed by atoms with Gasteiger partial charge in [-0.2, -0.15) is 10.2 Å². The fraction of sp³-hybridized carbons (Fsp3) is 0.429. The van der Waals surface area contributed by atoms with E-state index in [0.717, 1.165) is 17.0 Å². The third-order valence-electron chi connectivity index (χ3n) is 1.49. The van der Waals surface area contributed by atoms with Gasteiger partial charge in [-0.25, -0.2) is 0 Å². The number of hydrogen-bond acceptors (Lipinski definition) is 3. The number of nitrogens with two attached hydrogens (primary N) is 1. The highest BCUT2D eigenvalue weighted by Gasteiger charge is 1.95. The quantitative estimate of drug-likeness (QED) is 0.762. The van der Waals surface area contributed by atoms with Gasteiger partial charge in [-0.1, -0.05) is 0 Å². The molecule has 5 heteroatoms. The molecule has 0 bridgehead atoms. The van der Waals surface area contributed by atoms with E-state index >= 15 is 0 Å². The van der Waals surface area contributed by atoms with E-state index in [4.69, 9.17) is 5.73 Å². The van der Waals surface area contributed by atoms with Crippen molar-refractivity contribution in [2.75, 3.05) is 0 Å². The van der Waals surface area contributed by atoms with Gasteiger partial charge in [0.1, 0.15) is 0 Å². The summed E-state index contributed by atoms with van der Waals surface area (Å²) in [5, 5.41) is 7.80. The molecule has 0 aliphatic heterocycles. The summed E-state index contributed by atoms with van der Waals surface area (Å²) in [6.45, 7) is 4.40. The van der Waals surface area contributed by atoms with E-state index < -0.39 is 0 Å². The zero-order chi connectivity index (χ0) is 7.56. The molecule has 0 amide bonds. The molecule has 1 rings (SSSR count). The average molecular weight is 210 g/mol. The van der Waals surface area contributed by atoms with Crippen LogP contribution < -0.4 is 5.73 Å². The molecule has 0 saturated heterocycles. The van der Waals surface area contributed by atoms with Crippen molar-refractivity contribution in [3.8, 4) is 0 Å². The average Bonchev–Trinajstić information content (AvgIpc) is 1.95. The maximum atomic E-state index is 5.37. The van der Waals surface area contributed by atoms with Crippen molar-refractivity contribution in [1.29, 1.82) is 0 Å². The third kappa shape index (κ3) is 3.34. The summed E-state index contributed by atoms with van der Waals surface area (Å²) in [6.07, 6.45) is 0. The van der Waals surface area contributed by atoms with Crippen molar-refractivity contribution in [2.45, 2.75) is 20.4 Å². The topological polar surface area (TPSA) is 51.8 Å². The summed E-state index contributed by atoms with van der Waals surface area (Å²) >= 11 is 0. The lowest BCUT2D eigenvalue weighted by atomic mass is 10.2. The van der Waals surface area contributed by atoms with E-state index in [2.05, 4.69) is 10.2 Å². The highest BCUT2D eigenvalue weighted by atomic mass is 35.5. The van der Waals surface area contributed by atoms with Gasteiger partial charge in [0, 0.05) is 6.54 Å². The van der Waals surface area contributed by atoms with Crippen molar-refractivity contribution in [3.63, 3.8) is 0 Å². The highest BCUT2D eigenvalue weighted by molar-refractivity contribution is 5.85. The molecular formula is C7H13Cl2N3. The van der Waals surface area contributed by atoms with Gasteiger partial charge in [0.05, 0.1) is 11.4 Å². The molecule has 0 radical (unpaired) electrons. The van der Waals surface area contributed by atoms with Crippen molar-refractivity contribution < 1.29 is 0 Å². The predicted octanol–water partition coefficient (Wildman–Crippen LogP) is 1.40. The first-order valence-electron chi connectivity index (χ1n) is 3.24. The van der Waals surface area contributed by atoms with Crippen LogP contribution >= 0.6 is 24.8 Å². The van der Waals surface area contributed by atoms with Crippen LogP contribution in [0.2, 0.25) is 0 Å². The van der Waals surface area contributed by atoms with Gasteiger partial charge in [0.15, 0.2) is 0 Å². The van der Waals surface area contributed by atoms with Crippen LogP contribution in [-0.4, -0.2) is 10.2 Å². The van der Waals surface area contributed by atoms with Gasteiger partial charge in [-0.3, -0.25) is 0 Å². The summed E-state index contributed by atoms with van der Waals surface area (Å²) in [6, 6.07) is 1.96. The minimum absolute atomic E-state index is 0. The summed E-state index contributed by atoms with van der Waals surface area (Å²) in [5.41, 5.74) is 8.33. The third-order valence-corrected chi connectivity index (χ3v) is 1.49. The molecule has 0 aliphatic rings. The maximum absolute atomic E-state index is 5.37. The number of hydrogen-bond donors (Lipinski definition) is 1. The lowest BCUT2D eigenvalue weighted by Gasteiger charge is -1.98. The Kier molecular flexibility index (Phi) is 7.28. The van der Waals surface area contributed by atoms with Gasteiger partial charge in [0.25, 0.3) is 0 Å². The van der Waals surface area contributed by atoms with Crippen LogP contribution in [0.3, 0.4) is 0 Å². The number of aryl methyl sites for hydroxylation is 2. The fourth-order valence-electron chi connectivity index (χ4n) is 0.701. The van der Waals surface area contributed by atoms with E-state index in [1.54, 1.807) is 0 Å². The lowest BCUT2D eigenvalue weighted by molar-refractivity contribution is 0.865. The van der Waals surface area contributed by atoms with Crippen LogP contribution in [0, 0.1) is 13.8 Å². The van der Waals surface area contributed by atoms with Gasteiger partial charge < -0.3 is 5.73 Å². The Morgan fingerprint density at radius 1 is 1.25 bits per heavy atom. The van der Waals surface area contributed by atoms with Crippen LogP contribution in [0.5, 0.6) is 0 Å². The molecule has 3 nitrogen and oxygen atoms in total. The molecule has 0 atom stereocenters. The van der Waals surface area contributed by atoms with E-state index in [-0.39, 0.29) is 24.8 Å². The van der Waals surface area contributed by atoms with Gasteiger partial charge in [-0.05, 0) is 25.5 Å². The second-order valence-electron chi connectivity index (χ2n) is 2.31. The Morgan fingerprint density at radius 3 is 2.25 bits per heavy atom. The normalized spacial score (nSPS) is 8.25. The fourth-order valence-corrected chi connectivity index (χ4v) is 0.701. The molecule has 1 aromatic rings. The second-order valence-corrected chi connectivity index (χ2v) is 2.31. The molecular weight excluding hydrogens is 197 g/mol. The molecule has 12 heavy (non-hydrogen) atoms. The predicted molar refractivity (Wildman–Crippen MR) is 53.9 cm³/mol. The van der Waals surface area contributed by atoms with E-state index in [1.165, 1.54) is 0 Å². The molecule has 70 valence electrons. The van der Waals surface area contributed by atoms with Gasteiger partial charge >= 0.3 is 0 Å². The lowest BCUT2D eigenvalue weighted by Crippen LogP contribution is -2.02. The Labute approximate surface area is 84.6 Å². The maximum Gasteiger partial charge on any atom is 0.0769 e.